The average Bonchev–Trinajstić information content (AvgIpc) is 2.89. The zero-order chi connectivity index (χ0) is 20.2. The number of nitrogens with zero attached hydrogens (tertiary/aromatic N) is 1. The van der Waals surface area contributed by atoms with E-state index in [0.29, 0.717) is 12.1 Å². The van der Waals surface area contributed by atoms with Crippen LogP contribution in [0.5, 0.6) is 0 Å². The van der Waals surface area contributed by atoms with Crippen LogP contribution in [0.15, 0.2) is 12.1 Å². The number of nitrogens with one attached hydrogen (secondary N) is 1. The number of hydrogen-bond donors (Lipinski definition) is 1. The van der Waals surface area contributed by atoms with Gasteiger partial charge in [-0.15, -0.1) is 0 Å². The average molecular weight is 376 g/mol. The molecule has 1 N–H and O–H groups in total. The fourth-order valence-corrected chi connectivity index (χ4v) is 3.28. The van der Waals surface area contributed by atoms with Crippen LogP contribution in [0, 0.1) is 17.1 Å². The second-order valence-corrected chi connectivity index (χ2v) is 7.73. The summed E-state index contributed by atoms with van der Waals surface area (Å²) in [6.07, 6.45) is 2.30. The summed E-state index contributed by atoms with van der Waals surface area (Å²) < 4.78 is 32.2. The van der Waals surface area contributed by atoms with E-state index in [1.54, 1.807) is 13.2 Å². The van der Waals surface area contributed by atoms with Gasteiger partial charge in [0.1, 0.15) is 11.9 Å². The lowest BCUT2D eigenvalue weighted by atomic mass is 9.78. The molecule has 2 unspecified atom stereocenters. The first-order valence-electron chi connectivity index (χ1n) is 9.56. The van der Waals surface area contributed by atoms with Crippen LogP contribution in [-0.2, 0) is 14.0 Å². The second kappa shape index (κ2) is 8.60. The summed E-state index contributed by atoms with van der Waals surface area (Å²) in [5, 5.41) is 12.7. The van der Waals surface area contributed by atoms with E-state index in [1.807, 2.05) is 34.6 Å². The van der Waals surface area contributed by atoms with Crippen LogP contribution in [0.25, 0.3) is 0 Å². The molecule has 0 aromatic heterocycles. The number of hydrogen-bond acceptors (Lipinski definition) is 5. The predicted molar refractivity (Wildman–Crippen MR) is 106 cm³/mol. The Morgan fingerprint density at radius 1 is 1.30 bits per heavy atom. The summed E-state index contributed by atoms with van der Waals surface area (Å²) >= 11 is 0. The number of benzene rings is 1. The minimum absolute atomic E-state index is 0.0266. The Hall–Kier alpha value is -1.62. The van der Waals surface area contributed by atoms with E-state index in [0.717, 1.165) is 19.3 Å². The normalized spacial score (nSPS) is 22.5. The standard InChI is InChI=1S/C20H30BFN2O3/c1-7-16(9-10-25-6)24-18-14(13-23)11-15(12-17(18)22)21-26-19(3,4)20(5,8-2)27-21/h11-12,16,24H,7-10H2,1-6H3. The molecule has 1 aliphatic heterocycles. The monoisotopic (exact) mass is 376 g/mol. The molecule has 0 radical (unpaired) electrons. The van der Waals surface area contributed by atoms with Crippen LogP contribution in [0.1, 0.15) is 59.4 Å². The number of rotatable bonds is 8. The Balaban J connectivity index is 2.30. The molecule has 0 amide bonds. The number of methoxy groups -OCH3 is 1. The van der Waals surface area contributed by atoms with E-state index >= 15 is 0 Å². The molecule has 148 valence electrons. The molecule has 0 spiro atoms. The van der Waals surface area contributed by atoms with Crippen LogP contribution in [0.2, 0.25) is 0 Å². The Labute approximate surface area is 162 Å². The van der Waals surface area contributed by atoms with Crippen LogP contribution in [0.3, 0.4) is 0 Å². The summed E-state index contributed by atoms with van der Waals surface area (Å²) in [7, 11) is 0.937. The molecule has 27 heavy (non-hydrogen) atoms. The molecule has 2 rings (SSSR count). The quantitative estimate of drug-likeness (QED) is 0.703. The lowest BCUT2D eigenvalue weighted by Crippen LogP contribution is -2.44. The van der Waals surface area contributed by atoms with E-state index in [4.69, 9.17) is 14.0 Å². The van der Waals surface area contributed by atoms with Gasteiger partial charge in [0.15, 0.2) is 0 Å². The molecular weight excluding hydrogens is 346 g/mol. The summed E-state index contributed by atoms with van der Waals surface area (Å²) in [5.74, 6) is -0.477. The maximum absolute atomic E-state index is 14.9. The Morgan fingerprint density at radius 3 is 2.52 bits per heavy atom. The number of anilines is 1. The van der Waals surface area contributed by atoms with E-state index in [2.05, 4.69) is 11.4 Å². The van der Waals surface area contributed by atoms with Crippen molar-refractivity contribution in [2.24, 2.45) is 0 Å². The maximum atomic E-state index is 14.9. The second-order valence-electron chi connectivity index (χ2n) is 7.73. The third-order valence-corrected chi connectivity index (χ3v) is 5.73. The molecular formula is C20H30BFN2O3. The summed E-state index contributed by atoms with van der Waals surface area (Å²) in [5.41, 5.74) is -0.00808. The van der Waals surface area contributed by atoms with Gasteiger partial charge in [-0.1, -0.05) is 13.8 Å². The van der Waals surface area contributed by atoms with Gasteiger partial charge in [-0.3, -0.25) is 0 Å². The van der Waals surface area contributed by atoms with Crippen LogP contribution < -0.4 is 10.8 Å². The van der Waals surface area contributed by atoms with Gasteiger partial charge in [-0.2, -0.15) is 5.26 Å². The van der Waals surface area contributed by atoms with Crippen molar-refractivity contribution >= 4 is 18.3 Å². The molecule has 1 aliphatic rings. The molecule has 0 saturated carbocycles. The highest BCUT2D eigenvalue weighted by molar-refractivity contribution is 6.62. The van der Waals surface area contributed by atoms with E-state index in [1.165, 1.54) is 6.07 Å². The van der Waals surface area contributed by atoms with Crippen molar-refractivity contribution in [2.75, 3.05) is 19.0 Å². The molecule has 1 fully saturated rings. The molecule has 2 atom stereocenters. The zero-order valence-corrected chi connectivity index (χ0v) is 17.2. The van der Waals surface area contributed by atoms with Crippen LogP contribution in [-0.4, -0.2) is 38.1 Å². The maximum Gasteiger partial charge on any atom is 0.494 e. The number of nitriles is 1. The highest BCUT2D eigenvalue weighted by Crippen LogP contribution is 2.39. The first-order valence-corrected chi connectivity index (χ1v) is 9.56. The lowest BCUT2D eigenvalue weighted by Gasteiger charge is -2.35. The van der Waals surface area contributed by atoms with Crippen molar-refractivity contribution in [3.8, 4) is 6.07 Å². The smallest absolute Gasteiger partial charge is 0.399 e. The number of ether oxygens (including phenoxy) is 1. The topological polar surface area (TPSA) is 63.5 Å². The fourth-order valence-electron chi connectivity index (χ4n) is 3.28. The minimum Gasteiger partial charge on any atom is -0.399 e. The van der Waals surface area contributed by atoms with Crippen molar-refractivity contribution in [1.82, 2.24) is 0 Å². The highest BCUT2D eigenvalue weighted by Gasteiger charge is 2.53. The van der Waals surface area contributed by atoms with Gasteiger partial charge in [0.05, 0.1) is 22.5 Å². The highest BCUT2D eigenvalue weighted by atomic mass is 19.1. The third-order valence-electron chi connectivity index (χ3n) is 5.73. The molecule has 7 heteroatoms. The number of halogens is 1. The molecule has 1 aromatic rings. The van der Waals surface area contributed by atoms with E-state index < -0.39 is 24.1 Å². The molecule has 1 aromatic carbocycles. The molecule has 0 aliphatic carbocycles. The van der Waals surface area contributed by atoms with Gasteiger partial charge in [0, 0.05) is 19.8 Å². The predicted octanol–water partition coefficient (Wildman–Crippen LogP) is 3.61. The van der Waals surface area contributed by atoms with Gasteiger partial charge in [-0.25, -0.2) is 4.39 Å². The van der Waals surface area contributed by atoms with Gasteiger partial charge in [-0.05, 0) is 57.6 Å². The lowest BCUT2D eigenvalue weighted by molar-refractivity contribution is -0.0118. The van der Waals surface area contributed by atoms with Crippen molar-refractivity contribution in [1.29, 1.82) is 5.26 Å². The molecule has 0 bridgehead atoms. The summed E-state index contributed by atoms with van der Waals surface area (Å²) in [4.78, 5) is 0. The first kappa shape index (κ1) is 21.7. The Morgan fingerprint density at radius 2 is 2.00 bits per heavy atom. The van der Waals surface area contributed by atoms with Crippen LogP contribution >= 0.6 is 0 Å². The van der Waals surface area contributed by atoms with Crippen molar-refractivity contribution < 1.29 is 18.4 Å². The van der Waals surface area contributed by atoms with Gasteiger partial charge in [0.25, 0.3) is 0 Å². The van der Waals surface area contributed by atoms with E-state index in [9.17, 15) is 9.65 Å². The van der Waals surface area contributed by atoms with Crippen molar-refractivity contribution in [2.45, 2.75) is 71.1 Å². The van der Waals surface area contributed by atoms with Gasteiger partial charge >= 0.3 is 7.12 Å². The summed E-state index contributed by atoms with van der Waals surface area (Å²) in [6.45, 7) is 10.5. The van der Waals surface area contributed by atoms with Gasteiger partial charge < -0.3 is 19.4 Å². The largest absolute Gasteiger partial charge is 0.494 e. The minimum atomic E-state index is -0.698. The Bertz CT molecular complexity index is 707. The molecule has 5 nitrogen and oxygen atoms in total. The fraction of sp³-hybridized carbons (Fsp3) is 0.650. The van der Waals surface area contributed by atoms with E-state index in [-0.39, 0.29) is 17.3 Å². The SMILES string of the molecule is CCC(CCOC)Nc1c(F)cc(B2OC(C)(C)C(C)(CC)O2)cc1C#N. The van der Waals surface area contributed by atoms with Crippen molar-refractivity contribution in [3.63, 3.8) is 0 Å². The van der Waals surface area contributed by atoms with Gasteiger partial charge in [0.2, 0.25) is 0 Å². The van der Waals surface area contributed by atoms with Crippen molar-refractivity contribution in [3.05, 3.63) is 23.5 Å². The third kappa shape index (κ3) is 4.45. The zero-order valence-electron chi connectivity index (χ0n) is 17.2. The summed E-state index contributed by atoms with van der Waals surface area (Å²) in [6, 6.07) is 5.17. The molecule has 1 saturated heterocycles. The first-order chi connectivity index (χ1) is 12.7. The Kier molecular flexibility index (Phi) is 6.90. The van der Waals surface area contributed by atoms with Crippen LogP contribution in [0.4, 0.5) is 10.1 Å². The molecule has 1 heterocycles.